The molecule has 110 valence electrons. The lowest BCUT2D eigenvalue weighted by atomic mass is 10.1. The van der Waals surface area contributed by atoms with Gasteiger partial charge in [0.05, 0.1) is 13.0 Å². The van der Waals surface area contributed by atoms with Gasteiger partial charge in [0.15, 0.2) is 0 Å². The van der Waals surface area contributed by atoms with Crippen molar-refractivity contribution in [1.29, 1.82) is 0 Å². The summed E-state index contributed by atoms with van der Waals surface area (Å²) in [6.07, 6.45) is 1.22. The van der Waals surface area contributed by atoms with Crippen LogP contribution in [0.15, 0.2) is 18.2 Å². The number of aromatic nitrogens is 3. The van der Waals surface area contributed by atoms with Crippen LogP contribution in [0.3, 0.4) is 0 Å². The van der Waals surface area contributed by atoms with Crippen molar-refractivity contribution in [2.24, 2.45) is 0 Å². The Morgan fingerprint density at radius 1 is 1.48 bits per heavy atom. The van der Waals surface area contributed by atoms with E-state index in [0.717, 1.165) is 30.2 Å². The Kier molecular flexibility index (Phi) is 3.60. The minimum atomic E-state index is -0.137. The van der Waals surface area contributed by atoms with Crippen LogP contribution in [0.2, 0.25) is 0 Å². The lowest BCUT2D eigenvalue weighted by Gasteiger charge is -2.04. The number of ether oxygens (including phenoxy) is 1. The predicted octanol–water partition coefficient (Wildman–Crippen LogP) is 2.04. The summed E-state index contributed by atoms with van der Waals surface area (Å²) >= 11 is 0. The van der Waals surface area contributed by atoms with Crippen LogP contribution in [0.1, 0.15) is 36.7 Å². The lowest BCUT2D eigenvalue weighted by molar-refractivity contribution is -0.115. The Balaban J connectivity index is 1.63. The Morgan fingerprint density at radius 3 is 3.10 bits per heavy atom. The van der Waals surface area contributed by atoms with Crippen LogP contribution in [0, 0.1) is 0 Å². The van der Waals surface area contributed by atoms with Crippen molar-refractivity contribution in [2.75, 3.05) is 11.9 Å². The summed E-state index contributed by atoms with van der Waals surface area (Å²) in [6.45, 7) is 4.74. The van der Waals surface area contributed by atoms with E-state index in [1.165, 1.54) is 5.56 Å². The molecule has 2 aromatic rings. The number of benzene rings is 1. The van der Waals surface area contributed by atoms with Gasteiger partial charge in [-0.15, -0.1) is 5.10 Å². The maximum Gasteiger partial charge on any atom is 0.248 e. The van der Waals surface area contributed by atoms with E-state index >= 15 is 0 Å². The van der Waals surface area contributed by atoms with Crippen LogP contribution in [0.4, 0.5) is 5.95 Å². The normalized spacial score (nSPS) is 13.1. The molecule has 6 nitrogen and oxygen atoms in total. The first-order valence-electron chi connectivity index (χ1n) is 7.08. The number of nitrogens with zero attached hydrogens (tertiary/aromatic N) is 2. The number of carbonyl (C=O) groups excluding carboxylic acids is 1. The van der Waals surface area contributed by atoms with Crippen molar-refractivity contribution in [1.82, 2.24) is 15.2 Å². The molecule has 6 heteroatoms. The molecule has 1 amide bonds. The molecule has 1 aliphatic heterocycles. The Morgan fingerprint density at radius 2 is 2.33 bits per heavy atom. The summed E-state index contributed by atoms with van der Waals surface area (Å²) in [5, 5.41) is 9.50. The smallest absolute Gasteiger partial charge is 0.248 e. The van der Waals surface area contributed by atoms with E-state index in [-0.39, 0.29) is 18.2 Å². The molecule has 2 heterocycles. The highest BCUT2D eigenvalue weighted by molar-refractivity contribution is 5.90. The van der Waals surface area contributed by atoms with Gasteiger partial charge in [-0.05, 0) is 17.2 Å². The van der Waals surface area contributed by atoms with Crippen LogP contribution < -0.4 is 10.1 Å². The first-order chi connectivity index (χ1) is 10.1. The van der Waals surface area contributed by atoms with Crippen LogP contribution in [-0.4, -0.2) is 27.7 Å². The largest absolute Gasteiger partial charge is 0.493 e. The van der Waals surface area contributed by atoms with Gasteiger partial charge < -0.3 is 4.74 Å². The SMILES string of the molecule is CC(C)c1nc(NC(=O)Cc2ccc3c(c2)OCC3)n[nH]1. The number of anilines is 1. The van der Waals surface area contributed by atoms with Crippen molar-refractivity contribution < 1.29 is 9.53 Å². The van der Waals surface area contributed by atoms with Gasteiger partial charge in [-0.2, -0.15) is 4.98 Å². The summed E-state index contributed by atoms with van der Waals surface area (Å²) in [7, 11) is 0. The average Bonchev–Trinajstić information content (AvgIpc) is 3.06. The third-order valence-corrected chi connectivity index (χ3v) is 3.43. The minimum absolute atomic E-state index is 0.137. The third kappa shape index (κ3) is 3.04. The van der Waals surface area contributed by atoms with Gasteiger partial charge in [-0.3, -0.25) is 15.2 Å². The summed E-state index contributed by atoms with van der Waals surface area (Å²) in [4.78, 5) is 16.2. The highest BCUT2D eigenvalue weighted by Crippen LogP contribution is 2.26. The molecule has 0 saturated carbocycles. The predicted molar refractivity (Wildman–Crippen MR) is 78.4 cm³/mol. The number of nitrogens with one attached hydrogen (secondary N) is 2. The van der Waals surface area contributed by atoms with E-state index in [4.69, 9.17) is 4.74 Å². The van der Waals surface area contributed by atoms with Crippen molar-refractivity contribution >= 4 is 11.9 Å². The number of hydrogen-bond donors (Lipinski definition) is 2. The molecular formula is C15H18N4O2. The van der Waals surface area contributed by atoms with E-state index in [1.807, 2.05) is 32.0 Å². The number of aromatic amines is 1. The van der Waals surface area contributed by atoms with Gasteiger partial charge in [0.25, 0.3) is 0 Å². The number of fused-ring (bicyclic) bond motifs is 1. The molecular weight excluding hydrogens is 268 g/mol. The highest BCUT2D eigenvalue weighted by Gasteiger charge is 2.14. The number of amides is 1. The van der Waals surface area contributed by atoms with Crippen LogP contribution in [0.5, 0.6) is 5.75 Å². The molecule has 2 N–H and O–H groups in total. The molecule has 0 unspecified atom stereocenters. The summed E-state index contributed by atoms with van der Waals surface area (Å²) in [5.41, 5.74) is 2.13. The van der Waals surface area contributed by atoms with E-state index in [0.29, 0.717) is 5.95 Å². The zero-order valence-corrected chi connectivity index (χ0v) is 12.1. The third-order valence-electron chi connectivity index (χ3n) is 3.43. The van der Waals surface area contributed by atoms with Crippen molar-refractivity contribution in [3.05, 3.63) is 35.2 Å². The molecule has 1 aliphatic rings. The highest BCUT2D eigenvalue weighted by atomic mass is 16.5. The van der Waals surface area contributed by atoms with Gasteiger partial charge in [0.2, 0.25) is 11.9 Å². The van der Waals surface area contributed by atoms with Gasteiger partial charge in [-0.25, -0.2) is 0 Å². The molecule has 0 saturated heterocycles. The van der Waals surface area contributed by atoms with Crippen molar-refractivity contribution in [2.45, 2.75) is 32.6 Å². The van der Waals surface area contributed by atoms with Crippen molar-refractivity contribution in [3.63, 3.8) is 0 Å². The zero-order valence-electron chi connectivity index (χ0n) is 12.1. The monoisotopic (exact) mass is 286 g/mol. The van der Waals surface area contributed by atoms with Crippen molar-refractivity contribution in [3.8, 4) is 5.75 Å². The van der Waals surface area contributed by atoms with Gasteiger partial charge in [0.1, 0.15) is 11.6 Å². The standard InChI is InChI=1S/C15H18N4O2/c1-9(2)14-17-15(19-18-14)16-13(20)8-10-3-4-11-5-6-21-12(11)7-10/h3-4,7,9H,5-6,8H2,1-2H3,(H2,16,17,18,19,20). The number of H-pyrrole nitrogens is 1. The first kappa shape index (κ1) is 13.6. The van der Waals surface area contributed by atoms with E-state index in [2.05, 4.69) is 20.5 Å². The molecule has 0 aliphatic carbocycles. The van der Waals surface area contributed by atoms with Crippen LogP contribution in [-0.2, 0) is 17.6 Å². The summed E-state index contributed by atoms with van der Waals surface area (Å²) < 4.78 is 5.51. The number of rotatable bonds is 4. The Hall–Kier alpha value is -2.37. The number of carbonyl (C=O) groups is 1. The molecule has 1 aromatic carbocycles. The quantitative estimate of drug-likeness (QED) is 0.901. The van der Waals surface area contributed by atoms with Crippen LogP contribution >= 0.6 is 0 Å². The maximum absolute atomic E-state index is 12.0. The van der Waals surface area contributed by atoms with Crippen LogP contribution in [0.25, 0.3) is 0 Å². The molecule has 0 spiro atoms. The number of hydrogen-bond acceptors (Lipinski definition) is 4. The van der Waals surface area contributed by atoms with Gasteiger partial charge in [0, 0.05) is 12.3 Å². The molecule has 0 fully saturated rings. The fraction of sp³-hybridized carbons (Fsp3) is 0.400. The Bertz CT molecular complexity index is 663. The second-order valence-corrected chi connectivity index (χ2v) is 5.46. The molecule has 3 rings (SSSR count). The summed E-state index contributed by atoms with van der Waals surface area (Å²) in [6, 6.07) is 5.92. The maximum atomic E-state index is 12.0. The van der Waals surface area contributed by atoms with Gasteiger partial charge >= 0.3 is 0 Å². The lowest BCUT2D eigenvalue weighted by Crippen LogP contribution is -2.15. The zero-order chi connectivity index (χ0) is 14.8. The molecule has 1 aromatic heterocycles. The second kappa shape index (κ2) is 5.55. The molecule has 0 bridgehead atoms. The topological polar surface area (TPSA) is 79.9 Å². The van der Waals surface area contributed by atoms with E-state index in [1.54, 1.807) is 0 Å². The molecule has 0 radical (unpaired) electrons. The second-order valence-electron chi connectivity index (χ2n) is 5.46. The van der Waals surface area contributed by atoms with Gasteiger partial charge in [-0.1, -0.05) is 26.0 Å². The van der Waals surface area contributed by atoms with E-state index < -0.39 is 0 Å². The fourth-order valence-corrected chi connectivity index (χ4v) is 2.26. The Labute approximate surface area is 122 Å². The first-order valence-corrected chi connectivity index (χ1v) is 7.08. The van der Waals surface area contributed by atoms with E-state index in [9.17, 15) is 4.79 Å². The average molecular weight is 286 g/mol. The summed E-state index contributed by atoms with van der Waals surface area (Å²) in [5.74, 6) is 2.08. The molecule has 21 heavy (non-hydrogen) atoms. The molecule has 0 atom stereocenters. The fourth-order valence-electron chi connectivity index (χ4n) is 2.26. The minimum Gasteiger partial charge on any atom is -0.493 e.